The van der Waals surface area contributed by atoms with Gasteiger partial charge in [0.05, 0.1) is 13.2 Å². The van der Waals surface area contributed by atoms with Gasteiger partial charge in [0.1, 0.15) is 5.65 Å². The number of aryl methyl sites for hydroxylation is 1. The molecular weight excluding hydrogens is 298 g/mol. The summed E-state index contributed by atoms with van der Waals surface area (Å²) in [7, 11) is 0. The number of pyridine rings is 1. The third-order valence-electron chi connectivity index (χ3n) is 5.39. The molecule has 0 saturated carbocycles. The number of benzene rings is 1. The van der Waals surface area contributed by atoms with Crippen LogP contribution in [0, 0.1) is 6.92 Å². The van der Waals surface area contributed by atoms with Crippen LogP contribution in [0.4, 0.5) is 0 Å². The SMILES string of the molecule is Cc1c[nH]c2ncc(-c3cc4c(c(C5CCCN5)c3)COC4)cc12. The van der Waals surface area contributed by atoms with Gasteiger partial charge in [-0.1, -0.05) is 0 Å². The Morgan fingerprint density at radius 3 is 3.00 bits per heavy atom. The third kappa shape index (κ3) is 2.18. The van der Waals surface area contributed by atoms with Crippen molar-refractivity contribution in [3.05, 3.63) is 52.8 Å². The zero-order valence-electron chi connectivity index (χ0n) is 13.9. The van der Waals surface area contributed by atoms with E-state index in [4.69, 9.17) is 4.74 Å². The van der Waals surface area contributed by atoms with Crippen LogP contribution in [-0.2, 0) is 18.0 Å². The Morgan fingerprint density at radius 1 is 1.17 bits per heavy atom. The van der Waals surface area contributed by atoms with Crippen molar-refractivity contribution in [2.45, 2.75) is 39.0 Å². The molecule has 122 valence electrons. The summed E-state index contributed by atoms with van der Waals surface area (Å²) in [6.45, 7) is 4.70. The second-order valence-corrected chi connectivity index (χ2v) is 6.94. The van der Waals surface area contributed by atoms with Gasteiger partial charge in [-0.2, -0.15) is 0 Å². The lowest BCUT2D eigenvalue weighted by Gasteiger charge is -2.17. The van der Waals surface area contributed by atoms with Gasteiger partial charge in [-0.05, 0) is 72.3 Å². The summed E-state index contributed by atoms with van der Waals surface area (Å²) in [5, 5.41) is 4.84. The maximum absolute atomic E-state index is 5.73. The van der Waals surface area contributed by atoms with Gasteiger partial charge in [-0.15, -0.1) is 0 Å². The number of aromatic amines is 1. The topological polar surface area (TPSA) is 49.9 Å². The molecule has 1 unspecified atom stereocenters. The third-order valence-corrected chi connectivity index (χ3v) is 5.39. The molecule has 24 heavy (non-hydrogen) atoms. The van der Waals surface area contributed by atoms with Gasteiger partial charge in [0.2, 0.25) is 0 Å². The number of hydrogen-bond acceptors (Lipinski definition) is 3. The first kappa shape index (κ1) is 14.2. The molecule has 0 amide bonds. The Morgan fingerprint density at radius 2 is 2.12 bits per heavy atom. The van der Waals surface area contributed by atoms with Crippen LogP contribution in [-0.4, -0.2) is 16.5 Å². The van der Waals surface area contributed by atoms with E-state index in [0.717, 1.165) is 25.4 Å². The maximum atomic E-state index is 5.73. The van der Waals surface area contributed by atoms with E-state index < -0.39 is 0 Å². The van der Waals surface area contributed by atoms with Crippen LogP contribution in [0.15, 0.2) is 30.6 Å². The van der Waals surface area contributed by atoms with Gasteiger partial charge in [0.15, 0.2) is 0 Å². The van der Waals surface area contributed by atoms with Crippen LogP contribution in [0.5, 0.6) is 0 Å². The zero-order chi connectivity index (χ0) is 16.1. The molecule has 0 aliphatic carbocycles. The summed E-state index contributed by atoms with van der Waals surface area (Å²) in [4.78, 5) is 7.82. The highest BCUT2D eigenvalue weighted by atomic mass is 16.5. The van der Waals surface area contributed by atoms with E-state index in [0.29, 0.717) is 6.04 Å². The van der Waals surface area contributed by atoms with E-state index in [1.54, 1.807) is 0 Å². The van der Waals surface area contributed by atoms with Gasteiger partial charge >= 0.3 is 0 Å². The van der Waals surface area contributed by atoms with Gasteiger partial charge in [0, 0.05) is 29.4 Å². The molecule has 0 radical (unpaired) electrons. The zero-order valence-corrected chi connectivity index (χ0v) is 13.9. The van der Waals surface area contributed by atoms with Crippen molar-refractivity contribution in [2.24, 2.45) is 0 Å². The highest BCUT2D eigenvalue weighted by molar-refractivity contribution is 5.84. The van der Waals surface area contributed by atoms with Crippen LogP contribution in [0.1, 0.15) is 41.1 Å². The Bertz CT molecular complexity index is 922. The first-order valence-electron chi connectivity index (χ1n) is 8.70. The Hall–Kier alpha value is -2.17. The summed E-state index contributed by atoms with van der Waals surface area (Å²) >= 11 is 0. The number of fused-ring (bicyclic) bond motifs is 2. The number of aromatic nitrogens is 2. The van der Waals surface area contributed by atoms with Crippen molar-refractivity contribution in [3.8, 4) is 11.1 Å². The van der Waals surface area contributed by atoms with Crippen LogP contribution in [0.25, 0.3) is 22.2 Å². The van der Waals surface area contributed by atoms with Crippen molar-refractivity contribution in [1.29, 1.82) is 0 Å². The second kappa shape index (κ2) is 5.43. The van der Waals surface area contributed by atoms with E-state index in [9.17, 15) is 0 Å². The predicted octanol–water partition coefficient (Wildman–Crippen LogP) is 3.99. The average Bonchev–Trinajstić information content (AvgIpc) is 3.35. The normalized spacial score (nSPS) is 20.0. The minimum Gasteiger partial charge on any atom is -0.372 e. The molecule has 4 nitrogen and oxygen atoms in total. The van der Waals surface area contributed by atoms with Crippen molar-refractivity contribution >= 4 is 11.0 Å². The monoisotopic (exact) mass is 319 g/mol. The molecule has 4 heteroatoms. The molecule has 2 aromatic heterocycles. The summed E-state index contributed by atoms with van der Waals surface area (Å²) in [5.41, 5.74) is 8.77. The average molecular weight is 319 g/mol. The second-order valence-electron chi connectivity index (χ2n) is 6.94. The summed E-state index contributed by atoms with van der Waals surface area (Å²) < 4.78 is 5.73. The summed E-state index contributed by atoms with van der Waals surface area (Å²) in [5.74, 6) is 0. The summed E-state index contributed by atoms with van der Waals surface area (Å²) in [6.07, 6.45) is 6.46. The number of ether oxygens (including phenoxy) is 1. The highest BCUT2D eigenvalue weighted by Crippen LogP contribution is 2.36. The van der Waals surface area contributed by atoms with E-state index in [-0.39, 0.29) is 0 Å². The first-order chi connectivity index (χ1) is 11.8. The molecule has 1 saturated heterocycles. The van der Waals surface area contributed by atoms with Crippen molar-refractivity contribution < 1.29 is 4.74 Å². The fraction of sp³-hybridized carbons (Fsp3) is 0.350. The summed E-state index contributed by atoms with van der Waals surface area (Å²) in [6, 6.07) is 7.34. The number of nitrogens with one attached hydrogen (secondary N) is 2. The highest BCUT2D eigenvalue weighted by Gasteiger charge is 2.25. The molecule has 5 rings (SSSR count). The Balaban J connectivity index is 1.66. The van der Waals surface area contributed by atoms with Crippen molar-refractivity contribution in [3.63, 3.8) is 0 Å². The van der Waals surface area contributed by atoms with Gasteiger partial charge in [0.25, 0.3) is 0 Å². The minimum atomic E-state index is 0.464. The lowest BCUT2D eigenvalue weighted by Crippen LogP contribution is -2.15. The van der Waals surface area contributed by atoms with Crippen LogP contribution in [0.2, 0.25) is 0 Å². The number of nitrogens with zero attached hydrogens (tertiary/aromatic N) is 1. The standard InChI is InChI=1S/C20H21N3O/c1-12-8-22-20-16(12)7-14(9-23-20)13-5-15-10-24-11-18(15)17(6-13)19-3-2-4-21-19/h5-9,19,21H,2-4,10-11H2,1H3,(H,22,23). The number of H-pyrrole nitrogens is 1. The Labute approximate surface area is 141 Å². The van der Waals surface area contributed by atoms with Crippen molar-refractivity contribution in [1.82, 2.24) is 15.3 Å². The molecule has 1 fully saturated rings. The maximum Gasteiger partial charge on any atom is 0.137 e. The quantitative estimate of drug-likeness (QED) is 0.751. The van der Waals surface area contributed by atoms with E-state index in [1.807, 2.05) is 12.4 Å². The fourth-order valence-electron chi connectivity index (χ4n) is 4.04. The molecule has 1 aromatic carbocycles. The number of hydrogen-bond donors (Lipinski definition) is 2. The molecule has 2 aliphatic rings. The van der Waals surface area contributed by atoms with E-state index in [2.05, 4.69) is 40.4 Å². The predicted molar refractivity (Wildman–Crippen MR) is 94.7 cm³/mol. The lowest BCUT2D eigenvalue weighted by molar-refractivity contribution is 0.134. The number of rotatable bonds is 2. The molecule has 3 aromatic rings. The molecular formula is C20H21N3O. The van der Waals surface area contributed by atoms with Gasteiger partial charge in [-0.25, -0.2) is 4.98 Å². The van der Waals surface area contributed by atoms with E-state index in [1.165, 1.54) is 51.6 Å². The fourth-order valence-corrected chi connectivity index (χ4v) is 4.04. The van der Waals surface area contributed by atoms with Crippen LogP contribution < -0.4 is 5.32 Å². The van der Waals surface area contributed by atoms with Gasteiger partial charge < -0.3 is 15.0 Å². The van der Waals surface area contributed by atoms with E-state index >= 15 is 0 Å². The minimum absolute atomic E-state index is 0.464. The smallest absolute Gasteiger partial charge is 0.137 e. The molecule has 0 bridgehead atoms. The molecule has 2 aliphatic heterocycles. The molecule has 1 atom stereocenters. The first-order valence-corrected chi connectivity index (χ1v) is 8.70. The largest absolute Gasteiger partial charge is 0.372 e. The Kier molecular flexibility index (Phi) is 3.21. The molecule has 4 heterocycles. The lowest BCUT2D eigenvalue weighted by atomic mass is 9.91. The van der Waals surface area contributed by atoms with Gasteiger partial charge in [-0.3, -0.25) is 0 Å². The molecule has 0 spiro atoms. The van der Waals surface area contributed by atoms with Crippen LogP contribution >= 0.6 is 0 Å². The van der Waals surface area contributed by atoms with Crippen molar-refractivity contribution in [2.75, 3.05) is 6.54 Å². The van der Waals surface area contributed by atoms with Crippen LogP contribution in [0.3, 0.4) is 0 Å². The molecule has 2 N–H and O–H groups in total.